The van der Waals surface area contributed by atoms with Crippen LogP contribution in [-0.4, -0.2) is 43.2 Å². The quantitative estimate of drug-likeness (QED) is 0.856. The minimum Gasteiger partial charge on any atom is -0.397 e. The molecular weight excluding hydrogens is 312 g/mol. The summed E-state index contributed by atoms with van der Waals surface area (Å²) in [5, 5.41) is 2.82. The number of nitrogen functional groups attached to an aromatic ring is 1. The van der Waals surface area contributed by atoms with Crippen molar-refractivity contribution in [2.75, 3.05) is 36.9 Å². The van der Waals surface area contributed by atoms with E-state index < -0.39 is 0 Å². The first-order valence-corrected chi connectivity index (χ1v) is 6.96. The second-order valence-electron chi connectivity index (χ2n) is 4.25. The normalized spacial score (nSPS) is 19.3. The molecule has 0 spiro atoms. The van der Waals surface area contributed by atoms with Crippen molar-refractivity contribution in [3.8, 4) is 0 Å². The Kier molecular flexibility index (Phi) is 4.60. The first-order valence-electron chi connectivity index (χ1n) is 6.16. The number of pyridine rings is 1. The number of likely N-dealkylation sites (N-methyl/N-ethyl adjacent to an activating group) is 1. The van der Waals surface area contributed by atoms with Crippen LogP contribution in [0.4, 0.5) is 11.5 Å². The molecule has 1 fully saturated rings. The summed E-state index contributed by atoms with van der Waals surface area (Å²) in [6, 6.07) is 1.42. The average Bonchev–Trinajstić information content (AvgIpc) is 2.39. The van der Waals surface area contributed by atoms with Crippen LogP contribution < -0.4 is 16.0 Å². The molecule has 1 amide bonds. The fraction of sp³-hybridized carbons (Fsp3) is 0.500. The summed E-state index contributed by atoms with van der Waals surface area (Å²) in [7, 11) is 0. The van der Waals surface area contributed by atoms with Gasteiger partial charge in [-0.1, -0.05) is 0 Å². The van der Waals surface area contributed by atoms with Gasteiger partial charge in [-0.15, -0.1) is 0 Å². The van der Waals surface area contributed by atoms with Crippen LogP contribution in [0.2, 0.25) is 0 Å². The van der Waals surface area contributed by atoms with Crippen LogP contribution in [0.1, 0.15) is 6.92 Å². The van der Waals surface area contributed by atoms with Gasteiger partial charge >= 0.3 is 0 Å². The van der Waals surface area contributed by atoms with Crippen LogP contribution in [0.25, 0.3) is 0 Å². The predicted molar refractivity (Wildman–Crippen MR) is 77.0 cm³/mol. The number of aromatic nitrogens is 1. The molecule has 2 rings (SSSR count). The van der Waals surface area contributed by atoms with Gasteiger partial charge in [-0.2, -0.15) is 0 Å². The van der Waals surface area contributed by atoms with Crippen LogP contribution >= 0.6 is 15.9 Å². The van der Waals surface area contributed by atoms with E-state index in [2.05, 4.69) is 26.2 Å². The highest BCUT2D eigenvalue weighted by Crippen LogP contribution is 2.28. The fourth-order valence-electron chi connectivity index (χ4n) is 2.02. The first-order chi connectivity index (χ1) is 9.13. The standard InChI is InChI=1S/C12H17BrN4O2/c1-2-15-12(18)10-7-19-4-3-17(10)11-9(13)5-8(14)6-16-11/h5-6,10H,2-4,7,14H2,1H3,(H,15,18). The first kappa shape index (κ1) is 14.1. The number of nitrogens with one attached hydrogen (secondary N) is 1. The zero-order valence-corrected chi connectivity index (χ0v) is 12.3. The number of carbonyl (C=O) groups excluding carboxylic acids is 1. The number of nitrogens with two attached hydrogens (primary N) is 1. The van der Waals surface area contributed by atoms with Gasteiger partial charge in [0.25, 0.3) is 0 Å². The molecule has 1 saturated heterocycles. The largest absolute Gasteiger partial charge is 0.397 e. The number of anilines is 2. The Balaban J connectivity index is 2.26. The molecule has 0 bridgehead atoms. The lowest BCUT2D eigenvalue weighted by Gasteiger charge is -2.35. The number of ether oxygens (including phenoxy) is 1. The van der Waals surface area contributed by atoms with E-state index in [0.717, 1.165) is 4.47 Å². The number of morpholine rings is 1. The Labute approximate surface area is 120 Å². The molecular formula is C12H17BrN4O2. The lowest BCUT2D eigenvalue weighted by atomic mass is 10.2. The Morgan fingerprint density at radius 3 is 3.21 bits per heavy atom. The lowest BCUT2D eigenvalue weighted by Crippen LogP contribution is -2.54. The maximum Gasteiger partial charge on any atom is 0.245 e. The number of halogens is 1. The van der Waals surface area contributed by atoms with Gasteiger partial charge in [-0.25, -0.2) is 4.98 Å². The zero-order chi connectivity index (χ0) is 13.8. The van der Waals surface area contributed by atoms with Crippen LogP contribution in [0, 0.1) is 0 Å². The van der Waals surface area contributed by atoms with E-state index in [1.54, 1.807) is 12.3 Å². The third-order valence-electron chi connectivity index (χ3n) is 2.90. The minimum atomic E-state index is -0.360. The molecule has 7 heteroatoms. The van der Waals surface area contributed by atoms with Gasteiger partial charge in [0.05, 0.1) is 29.6 Å². The summed E-state index contributed by atoms with van der Waals surface area (Å²) < 4.78 is 6.18. The molecule has 3 N–H and O–H groups in total. The van der Waals surface area contributed by atoms with Crippen molar-refractivity contribution < 1.29 is 9.53 Å². The minimum absolute atomic E-state index is 0.0484. The monoisotopic (exact) mass is 328 g/mol. The number of amides is 1. The smallest absolute Gasteiger partial charge is 0.245 e. The van der Waals surface area contributed by atoms with Crippen molar-refractivity contribution in [2.24, 2.45) is 0 Å². The maximum atomic E-state index is 12.1. The lowest BCUT2D eigenvalue weighted by molar-refractivity contribution is -0.124. The van der Waals surface area contributed by atoms with E-state index in [9.17, 15) is 4.79 Å². The second kappa shape index (κ2) is 6.21. The number of hydrogen-bond donors (Lipinski definition) is 2. The van der Waals surface area contributed by atoms with Gasteiger partial charge in [-0.3, -0.25) is 4.79 Å². The molecule has 1 atom stereocenters. The summed E-state index contributed by atoms with van der Waals surface area (Å²) in [5.74, 6) is 0.668. The van der Waals surface area contributed by atoms with Crippen LogP contribution in [0.15, 0.2) is 16.7 Å². The van der Waals surface area contributed by atoms with Gasteiger partial charge in [0, 0.05) is 13.1 Å². The molecule has 0 radical (unpaired) electrons. The molecule has 104 valence electrons. The van der Waals surface area contributed by atoms with Gasteiger partial charge in [0.2, 0.25) is 5.91 Å². The number of hydrogen-bond acceptors (Lipinski definition) is 5. The van der Waals surface area contributed by atoms with E-state index in [0.29, 0.717) is 37.8 Å². The van der Waals surface area contributed by atoms with E-state index >= 15 is 0 Å². The van der Waals surface area contributed by atoms with Crippen molar-refractivity contribution in [2.45, 2.75) is 13.0 Å². The molecule has 19 heavy (non-hydrogen) atoms. The Hall–Kier alpha value is -1.34. The second-order valence-corrected chi connectivity index (χ2v) is 5.11. The van der Waals surface area contributed by atoms with Crippen LogP contribution in [-0.2, 0) is 9.53 Å². The van der Waals surface area contributed by atoms with Crippen molar-refractivity contribution >= 4 is 33.3 Å². The molecule has 2 heterocycles. The van der Waals surface area contributed by atoms with E-state index in [1.165, 1.54) is 0 Å². The summed E-state index contributed by atoms with van der Waals surface area (Å²) in [6.45, 7) is 4.05. The maximum absolute atomic E-state index is 12.1. The van der Waals surface area contributed by atoms with Crippen molar-refractivity contribution in [3.63, 3.8) is 0 Å². The highest BCUT2D eigenvalue weighted by Gasteiger charge is 2.31. The third kappa shape index (κ3) is 3.16. The molecule has 1 aliphatic rings. The topological polar surface area (TPSA) is 80.5 Å². The summed E-state index contributed by atoms with van der Waals surface area (Å²) in [4.78, 5) is 18.3. The number of rotatable bonds is 3. The molecule has 1 aliphatic heterocycles. The molecule has 0 aliphatic carbocycles. The molecule has 0 saturated carbocycles. The van der Waals surface area contributed by atoms with Gasteiger partial charge in [0.15, 0.2) is 0 Å². The van der Waals surface area contributed by atoms with Crippen molar-refractivity contribution in [1.82, 2.24) is 10.3 Å². The summed E-state index contributed by atoms with van der Waals surface area (Å²) >= 11 is 3.44. The third-order valence-corrected chi connectivity index (χ3v) is 3.48. The Morgan fingerprint density at radius 1 is 1.74 bits per heavy atom. The van der Waals surface area contributed by atoms with Crippen molar-refractivity contribution in [3.05, 3.63) is 16.7 Å². The fourth-order valence-corrected chi connectivity index (χ4v) is 2.62. The molecule has 1 aromatic heterocycles. The van der Waals surface area contributed by atoms with E-state index in [1.807, 2.05) is 11.8 Å². The molecule has 6 nitrogen and oxygen atoms in total. The summed E-state index contributed by atoms with van der Waals surface area (Å²) in [6.07, 6.45) is 1.59. The molecule has 1 unspecified atom stereocenters. The Bertz CT molecular complexity index is 469. The van der Waals surface area contributed by atoms with Gasteiger partial charge < -0.3 is 20.7 Å². The predicted octanol–water partition coefficient (Wildman–Crippen LogP) is 0.768. The highest BCUT2D eigenvalue weighted by atomic mass is 79.9. The highest BCUT2D eigenvalue weighted by molar-refractivity contribution is 9.10. The SMILES string of the molecule is CCNC(=O)C1COCCN1c1ncc(N)cc1Br. The van der Waals surface area contributed by atoms with Gasteiger partial charge in [0.1, 0.15) is 11.9 Å². The summed E-state index contributed by atoms with van der Waals surface area (Å²) in [5.41, 5.74) is 6.27. The van der Waals surface area contributed by atoms with Crippen LogP contribution in [0.3, 0.4) is 0 Å². The number of carbonyl (C=O) groups is 1. The van der Waals surface area contributed by atoms with E-state index in [-0.39, 0.29) is 11.9 Å². The van der Waals surface area contributed by atoms with Gasteiger partial charge in [-0.05, 0) is 28.9 Å². The van der Waals surface area contributed by atoms with E-state index in [4.69, 9.17) is 10.5 Å². The van der Waals surface area contributed by atoms with Crippen molar-refractivity contribution in [1.29, 1.82) is 0 Å². The molecule has 1 aromatic rings. The van der Waals surface area contributed by atoms with Crippen LogP contribution in [0.5, 0.6) is 0 Å². The zero-order valence-electron chi connectivity index (χ0n) is 10.7. The molecule has 0 aromatic carbocycles. The average molecular weight is 329 g/mol. The Morgan fingerprint density at radius 2 is 2.53 bits per heavy atom. The number of nitrogens with zero attached hydrogens (tertiary/aromatic N) is 2.